The minimum Gasteiger partial charge on any atom is -0.468 e. The van der Waals surface area contributed by atoms with Crippen molar-refractivity contribution in [1.82, 2.24) is 14.9 Å². The first-order valence-electron chi connectivity index (χ1n) is 5.51. The Labute approximate surface area is 94.8 Å². The number of aryl methyl sites for hydroxylation is 1. The van der Waals surface area contributed by atoms with Crippen molar-refractivity contribution in [3.8, 4) is 0 Å². The summed E-state index contributed by atoms with van der Waals surface area (Å²) >= 11 is 0. The molecule has 0 saturated carbocycles. The molecule has 0 fully saturated rings. The smallest absolute Gasteiger partial charge is 0.323 e. The summed E-state index contributed by atoms with van der Waals surface area (Å²) in [5, 5.41) is 3.30. The van der Waals surface area contributed by atoms with Gasteiger partial charge in [-0.05, 0) is 6.42 Å². The molecule has 5 heteroatoms. The van der Waals surface area contributed by atoms with E-state index in [1.54, 1.807) is 6.33 Å². The number of imidazole rings is 1. The van der Waals surface area contributed by atoms with Crippen LogP contribution in [0.5, 0.6) is 0 Å². The molecular formula is C11H17N3O2. The first kappa shape index (κ1) is 11.1. The zero-order valence-corrected chi connectivity index (χ0v) is 9.86. The second-order valence-corrected chi connectivity index (χ2v) is 4.09. The third kappa shape index (κ3) is 1.71. The monoisotopic (exact) mass is 223 g/mol. The Bertz CT molecular complexity index is 400. The number of methoxy groups -OCH3 is 1. The van der Waals surface area contributed by atoms with Gasteiger partial charge in [-0.15, -0.1) is 0 Å². The number of carbonyl (C=O) groups excluding carboxylic acids is 1. The van der Waals surface area contributed by atoms with Crippen LogP contribution in [-0.4, -0.2) is 28.7 Å². The van der Waals surface area contributed by atoms with Crippen LogP contribution in [0.4, 0.5) is 0 Å². The van der Waals surface area contributed by atoms with Crippen LogP contribution in [0.25, 0.3) is 0 Å². The standard InChI is InChI=1S/C11H17N3O2/c1-4-7-10-8(12-6-14(10)2)5-9(13-7)11(15)16-3/h6-7,9,13H,4-5H2,1-3H3/t7?,9-/m1/s1. The molecule has 0 bridgehead atoms. The molecule has 0 saturated heterocycles. The zero-order chi connectivity index (χ0) is 11.7. The number of nitrogens with zero attached hydrogens (tertiary/aromatic N) is 2. The van der Waals surface area contributed by atoms with E-state index >= 15 is 0 Å². The lowest BCUT2D eigenvalue weighted by molar-refractivity contribution is -0.143. The lowest BCUT2D eigenvalue weighted by atomic mass is 9.97. The van der Waals surface area contributed by atoms with E-state index in [0.29, 0.717) is 6.42 Å². The van der Waals surface area contributed by atoms with E-state index in [0.717, 1.165) is 12.1 Å². The van der Waals surface area contributed by atoms with Crippen LogP contribution >= 0.6 is 0 Å². The molecule has 2 atom stereocenters. The van der Waals surface area contributed by atoms with Crippen molar-refractivity contribution in [1.29, 1.82) is 0 Å². The molecule has 1 aromatic rings. The van der Waals surface area contributed by atoms with Crippen molar-refractivity contribution in [3.05, 3.63) is 17.7 Å². The second kappa shape index (κ2) is 4.25. The highest BCUT2D eigenvalue weighted by Crippen LogP contribution is 2.26. The van der Waals surface area contributed by atoms with Gasteiger partial charge in [0.2, 0.25) is 0 Å². The van der Waals surface area contributed by atoms with E-state index in [-0.39, 0.29) is 18.1 Å². The van der Waals surface area contributed by atoms with Gasteiger partial charge in [0, 0.05) is 19.5 Å². The SMILES string of the molecule is CCC1N[C@@H](C(=O)OC)Cc2ncn(C)c21. The van der Waals surface area contributed by atoms with E-state index in [4.69, 9.17) is 4.74 Å². The van der Waals surface area contributed by atoms with E-state index < -0.39 is 0 Å². The van der Waals surface area contributed by atoms with Crippen LogP contribution in [0.3, 0.4) is 0 Å². The van der Waals surface area contributed by atoms with Crippen molar-refractivity contribution >= 4 is 5.97 Å². The highest BCUT2D eigenvalue weighted by Gasteiger charge is 2.32. The highest BCUT2D eigenvalue weighted by molar-refractivity contribution is 5.76. The molecule has 1 unspecified atom stereocenters. The van der Waals surface area contributed by atoms with Gasteiger partial charge < -0.3 is 9.30 Å². The molecule has 1 N–H and O–H groups in total. The number of hydrogen-bond donors (Lipinski definition) is 1. The lowest BCUT2D eigenvalue weighted by Crippen LogP contribution is -2.45. The Morgan fingerprint density at radius 2 is 2.50 bits per heavy atom. The number of rotatable bonds is 2. The molecule has 0 amide bonds. The Hall–Kier alpha value is -1.36. The summed E-state index contributed by atoms with van der Waals surface area (Å²) in [6, 6.07) is -0.0855. The molecule has 5 nitrogen and oxygen atoms in total. The predicted octanol–water partition coefficient (Wildman–Crippen LogP) is 0.558. The van der Waals surface area contributed by atoms with Crippen LogP contribution < -0.4 is 5.32 Å². The Morgan fingerprint density at radius 1 is 1.75 bits per heavy atom. The highest BCUT2D eigenvalue weighted by atomic mass is 16.5. The van der Waals surface area contributed by atoms with Crippen molar-refractivity contribution in [2.45, 2.75) is 31.8 Å². The van der Waals surface area contributed by atoms with E-state index in [1.165, 1.54) is 12.8 Å². The molecule has 0 spiro atoms. The summed E-state index contributed by atoms with van der Waals surface area (Å²) < 4.78 is 6.79. The maximum absolute atomic E-state index is 11.5. The number of esters is 1. The van der Waals surface area contributed by atoms with Gasteiger partial charge in [-0.25, -0.2) is 4.98 Å². The average Bonchev–Trinajstić information content (AvgIpc) is 2.69. The number of hydrogen-bond acceptors (Lipinski definition) is 4. The number of nitrogens with one attached hydrogen (secondary N) is 1. The molecule has 1 aromatic heterocycles. The molecule has 1 aliphatic rings. The zero-order valence-electron chi connectivity index (χ0n) is 9.86. The van der Waals surface area contributed by atoms with Gasteiger partial charge in [-0.2, -0.15) is 0 Å². The molecular weight excluding hydrogens is 206 g/mol. The molecule has 0 radical (unpaired) electrons. The van der Waals surface area contributed by atoms with Gasteiger partial charge in [0.15, 0.2) is 0 Å². The predicted molar refractivity (Wildman–Crippen MR) is 58.9 cm³/mol. The van der Waals surface area contributed by atoms with Crippen LogP contribution in [-0.2, 0) is 23.0 Å². The number of carbonyl (C=O) groups is 1. The fourth-order valence-electron chi connectivity index (χ4n) is 2.27. The average molecular weight is 223 g/mol. The van der Waals surface area contributed by atoms with E-state index in [1.807, 2.05) is 11.6 Å². The van der Waals surface area contributed by atoms with Crippen molar-refractivity contribution in [2.75, 3.05) is 7.11 Å². The van der Waals surface area contributed by atoms with Crippen molar-refractivity contribution < 1.29 is 9.53 Å². The normalized spacial score (nSPS) is 23.9. The molecule has 0 aliphatic carbocycles. The Balaban J connectivity index is 2.29. The van der Waals surface area contributed by atoms with Gasteiger partial charge in [-0.3, -0.25) is 10.1 Å². The number of fused-ring (bicyclic) bond motifs is 1. The van der Waals surface area contributed by atoms with Crippen molar-refractivity contribution in [3.63, 3.8) is 0 Å². The third-order valence-electron chi connectivity index (χ3n) is 3.09. The van der Waals surface area contributed by atoms with Crippen LogP contribution in [0.2, 0.25) is 0 Å². The van der Waals surface area contributed by atoms with Gasteiger partial charge in [-0.1, -0.05) is 6.92 Å². The number of aromatic nitrogens is 2. The maximum atomic E-state index is 11.5. The van der Waals surface area contributed by atoms with Crippen LogP contribution in [0, 0.1) is 0 Å². The minimum absolute atomic E-state index is 0.181. The van der Waals surface area contributed by atoms with Crippen LogP contribution in [0.1, 0.15) is 30.8 Å². The molecule has 1 aliphatic heterocycles. The summed E-state index contributed by atoms with van der Waals surface area (Å²) in [6.07, 6.45) is 3.34. The molecule has 88 valence electrons. The van der Waals surface area contributed by atoms with Crippen molar-refractivity contribution in [2.24, 2.45) is 7.05 Å². The molecule has 2 rings (SSSR count). The van der Waals surface area contributed by atoms with Gasteiger partial charge in [0.05, 0.1) is 24.8 Å². The fraction of sp³-hybridized carbons (Fsp3) is 0.636. The Kier molecular flexibility index (Phi) is 2.96. The maximum Gasteiger partial charge on any atom is 0.323 e. The van der Waals surface area contributed by atoms with Gasteiger partial charge in [0.25, 0.3) is 0 Å². The molecule has 0 aromatic carbocycles. The lowest BCUT2D eigenvalue weighted by Gasteiger charge is -2.29. The summed E-state index contributed by atoms with van der Waals surface area (Å²) in [6.45, 7) is 2.09. The quantitative estimate of drug-likeness (QED) is 0.744. The third-order valence-corrected chi connectivity index (χ3v) is 3.09. The fourth-order valence-corrected chi connectivity index (χ4v) is 2.27. The molecule has 16 heavy (non-hydrogen) atoms. The van der Waals surface area contributed by atoms with Gasteiger partial charge in [0.1, 0.15) is 6.04 Å². The summed E-state index contributed by atoms with van der Waals surface area (Å²) in [5.74, 6) is -0.213. The second-order valence-electron chi connectivity index (χ2n) is 4.09. The Morgan fingerprint density at radius 3 is 3.12 bits per heavy atom. The van der Waals surface area contributed by atoms with Gasteiger partial charge >= 0.3 is 5.97 Å². The summed E-state index contributed by atoms with van der Waals surface area (Å²) in [5.41, 5.74) is 2.19. The summed E-state index contributed by atoms with van der Waals surface area (Å²) in [4.78, 5) is 15.9. The summed E-state index contributed by atoms with van der Waals surface area (Å²) in [7, 11) is 3.40. The van der Waals surface area contributed by atoms with E-state index in [9.17, 15) is 4.79 Å². The van der Waals surface area contributed by atoms with Crippen LogP contribution in [0.15, 0.2) is 6.33 Å². The number of ether oxygens (including phenoxy) is 1. The largest absolute Gasteiger partial charge is 0.468 e. The minimum atomic E-state index is -0.266. The molecule has 2 heterocycles. The first-order valence-corrected chi connectivity index (χ1v) is 5.51. The first-order chi connectivity index (χ1) is 7.67. The van der Waals surface area contributed by atoms with E-state index in [2.05, 4.69) is 17.2 Å². The topological polar surface area (TPSA) is 56.1 Å².